The van der Waals surface area contributed by atoms with Crippen molar-refractivity contribution in [2.24, 2.45) is 5.73 Å². The van der Waals surface area contributed by atoms with Crippen LogP contribution in [-0.2, 0) is 10.8 Å². The fourth-order valence-corrected chi connectivity index (χ4v) is 2.16. The Morgan fingerprint density at radius 2 is 1.39 bits per heavy atom. The van der Waals surface area contributed by atoms with Crippen LogP contribution in [0.5, 0.6) is 0 Å². The van der Waals surface area contributed by atoms with Crippen molar-refractivity contribution < 1.29 is 0 Å². The van der Waals surface area contributed by atoms with E-state index in [1.807, 2.05) is 0 Å². The topological polar surface area (TPSA) is 38.0 Å². The summed E-state index contributed by atoms with van der Waals surface area (Å²) in [6.45, 7) is 13.2. The van der Waals surface area contributed by atoms with E-state index in [2.05, 4.69) is 65.1 Å². The molecule has 3 N–H and O–H groups in total. The Balaban J connectivity index is 3.50. The summed E-state index contributed by atoms with van der Waals surface area (Å²) in [6, 6.07) is 6.37. The summed E-state index contributed by atoms with van der Waals surface area (Å²) in [5.41, 5.74) is 9.31. The Labute approximate surface area is 116 Å². The van der Waals surface area contributed by atoms with Gasteiger partial charge in [0.05, 0.1) is 0 Å². The van der Waals surface area contributed by atoms with Crippen LogP contribution in [0.25, 0.3) is 0 Å². The van der Waals surface area contributed by atoms with Crippen molar-refractivity contribution in [2.45, 2.75) is 52.4 Å². The monoisotopic (exact) mass is 264 g/mol. The number of anilines is 1. The molecular weight excluding hydrogens is 240 g/mol. The highest BCUT2D eigenvalue weighted by molar-refractivity contribution is 7.80. The van der Waals surface area contributed by atoms with E-state index in [0.29, 0.717) is 5.11 Å². The van der Waals surface area contributed by atoms with Crippen molar-refractivity contribution >= 4 is 23.0 Å². The first kappa shape index (κ1) is 15.0. The van der Waals surface area contributed by atoms with Crippen molar-refractivity contribution in [3.63, 3.8) is 0 Å². The molecule has 0 unspecified atom stereocenters. The van der Waals surface area contributed by atoms with Gasteiger partial charge in [0.25, 0.3) is 0 Å². The quantitative estimate of drug-likeness (QED) is 0.755. The van der Waals surface area contributed by atoms with Gasteiger partial charge in [0.1, 0.15) is 0 Å². The molecule has 0 saturated heterocycles. The molecule has 0 spiro atoms. The number of hydrogen-bond donors (Lipinski definition) is 2. The number of hydrogen-bond acceptors (Lipinski definition) is 1. The summed E-state index contributed by atoms with van der Waals surface area (Å²) >= 11 is 5.01. The molecule has 1 aromatic carbocycles. The minimum atomic E-state index is 0.0500. The maximum Gasteiger partial charge on any atom is 0.168 e. The van der Waals surface area contributed by atoms with Crippen LogP contribution in [0.2, 0.25) is 0 Å². The molecule has 0 fully saturated rings. The number of benzene rings is 1. The molecule has 0 aliphatic rings. The van der Waals surface area contributed by atoms with Gasteiger partial charge in [-0.1, -0.05) is 59.7 Å². The van der Waals surface area contributed by atoms with Gasteiger partial charge in [-0.05, 0) is 34.2 Å². The Hall–Kier alpha value is -1.09. The van der Waals surface area contributed by atoms with E-state index in [-0.39, 0.29) is 10.8 Å². The molecule has 100 valence electrons. The molecule has 0 aromatic heterocycles. The maximum absolute atomic E-state index is 5.67. The first-order valence-electron chi connectivity index (χ1n) is 6.24. The van der Waals surface area contributed by atoms with Gasteiger partial charge in [0, 0.05) is 5.69 Å². The highest BCUT2D eigenvalue weighted by Gasteiger charge is 2.25. The molecule has 0 atom stereocenters. The second kappa shape index (κ2) is 4.88. The molecule has 0 amide bonds. The van der Waals surface area contributed by atoms with E-state index in [1.54, 1.807) is 0 Å². The summed E-state index contributed by atoms with van der Waals surface area (Å²) in [4.78, 5) is 0. The highest BCUT2D eigenvalue weighted by atomic mass is 32.1. The number of nitrogens with two attached hydrogens (primary N) is 1. The molecule has 0 heterocycles. The predicted octanol–water partition coefficient (Wildman–Crippen LogP) is 3.94. The van der Waals surface area contributed by atoms with Gasteiger partial charge in [-0.2, -0.15) is 0 Å². The summed E-state index contributed by atoms with van der Waals surface area (Å²) in [7, 11) is 0. The minimum absolute atomic E-state index is 0.0500. The van der Waals surface area contributed by atoms with Crippen molar-refractivity contribution in [2.75, 3.05) is 5.32 Å². The maximum atomic E-state index is 5.67. The number of thiocarbonyl (C=S) groups is 1. The predicted molar refractivity (Wildman–Crippen MR) is 84.3 cm³/mol. The summed E-state index contributed by atoms with van der Waals surface area (Å²) in [6.07, 6.45) is 0. The summed E-state index contributed by atoms with van der Waals surface area (Å²) in [5.74, 6) is 0. The average Bonchev–Trinajstić information content (AvgIpc) is 2.13. The fourth-order valence-electron chi connectivity index (χ4n) is 2.06. The smallest absolute Gasteiger partial charge is 0.168 e. The second-order valence-electron chi connectivity index (χ2n) is 6.72. The normalized spacial score (nSPS) is 12.3. The third-order valence-corrected chi connectivity index (χ3v) is 3.03. The zero-order valence-electron chi connectivity index (χ0n) is 12.2. The first-order chi connectivity index (χ1) is 8.03. The lowest BCUT2D eigenvalue weighted by Gasteiger charge is -2.30. The van der Waals surface area contributed by atoms with Crippen molar-refractivity contribution in [3.8, 4) is 0 Å². The van der Waals surface area contributed by atoms with Crippen molar-refractivity contribution in [3.05, 3.63) is 29.3 Å². The highest BCUT2D eigenvalue weighted by Crippen LogP contribution is 2.37. The van der Waals surface area contributed by atoms with Crippen LogP contribution in [0.1, 0.15) is 52.7 Å². The van der Waals surface area contributed by atoms with Crippen LogP contribution in [-0.4, -0.2) is 5.11 Å². The van der Waals surface area contributed by atoms with Gasteiger partial charge in [-0.15, -0.1) is 0 Å². The lowest BCUT2D eigenvalue weighted by Crippen LogP contribution is -2.26. The van der Waals surface area contributed by atoms with Crippen LogP contribution in [0.4, 0.5) is 5.69 Å². The lowest BCUT2D eigenvalue weighted by molar-refractivity contribution is 0.573. The van der Waals surface area contributed by atoms with Crippen LogP contribution < -0.4 is 11.1 Å². The summed E-state index contributed by atoms with van der Waals surface area (Å²) in [5, 5.41) is 3.48. The van der Waals surface area contributed by atoms with E-state index >= 15 is 0 Å². The molecule has 0 radical (unpaired) electrons. The van der Waals surface area contributed by atoms with Crippen LogP contribution >= 0.6 is 12.2 Å². The molecule has 1 aromatic rings. The second-order valence-corrected chi connectivity index (χ2v) is 7.16. The van der Waals surface area contributed by atoms with E-state index in [1.165, 1.54) is 11.1 Å². The van der Waals surface area contributed by atoms with E-state index < -0.39 is 0 Å². The zero-order valence-corrected chi connectivity index (χ0v) is 13.0. The van der Waals surface area contributed by atoms with Gasteiger partial charge in [0.15, 0.2) is 5.11 Å². The van der Waals surface area contributed by atoms with E-state index in [4.69, 9.17) is 18.0 Å². The molecule has 0 aliphatic heterocycles. The molecule has 0 saturated carbocycles. The Kier molecular flexibility index (Phi) is 4.06. The first-order valence-corrected chi connectivity index (χ1v) is 6.65. The molecule has 0 aliphatic carbocycles. The van der Waals surface area contributed by atoms with E-state index in [9.17, 15) is 0 Å². The standard InChI is InChI=1S/C15H24N2S/c1-14(2,3)10-8-7-9-11(15(4,5)6)12(10)17-13(16)18/h7-9H,1-6H3,(H3,16,17,18). The van der Waals surface area contributed by atoms with Gasteiger partial charge < -0.3 is 11.1 Å². The molecule has 0 bridgehead atoms. The molecule has 3 heteroatoms. The Morgan fingerprint density at radius 1 is 1.00 bits per heavy atom. The lowest BCUT2D eigenvalue weighted by atomic mass is 9.79. The van der Waals surface area contributed by atoms with Crippen molar-refractivity contribution in [1.29, 1.82) is 0 Å². The number of nitrogens with one attached hydrogen (secondary N) is 1. The number of para-hydroxylation sites is 1. The zero-order chi connectivity index (χ0) is 14.1. The third kappa shape index (κ3) is 3.45. The SMILES string of the molecule is CC(C)(C)c1cccc(C(C)(C)C)c1NC(N)=S. The molecule has 18 heavy (non-hydrogen) atoms. The van der Waals surface area contributed by atoms with Gasteiger partial charge >= 0.3 is 0 Å². The Bertz CT molecular complexity index is 418. The van der Waals surface area contributed by atoms with Crippen molar-refractivity contribution in [1.82, 2.24) is 0 Å². The largest absolute Gasteiger partial charge is 0.376 e. The molecule has 2 nitrogen and oxygen atoms in total. The van der Waals surface area contributed by atoms with Gasteiger partial charge in [0.2, 0.25) is 0 Å². The van der Waals surface area contributed by atoms with Gasteiger partial charge in [-0.3, -0.25) is 0 Å². The van der Waals surface area contributed by atoms with Crippen LogP contribution in [0, 0.1) is 0 Å². The van der Waals surface area contributed by atoms with E-state index in [0.717, 1.165) is 5.69 Å². The number of rotatable bonds is 1. The fraction of sp³-hybridized carbons (Fsp3) is 0.533. The average molecular weight is 264 g/mol. The molecular formula is C15H24N2S. The molecule has 1 rings (SSSR count). The Morgan fingerprint density at radius 3 is 1.67 bits per heavy atom. The van der Waals surface area contributed by atoms with Gasteiger partial charge in [-0.25, -0.2) is 0 Å². The summed E-state index contributed by atoms with van der Waals surface area (Å²) < 4.78 is 0. The third-order valence-electron chi connectivity index (χ3n) is 2.93. The van der Waals surface area contributed by atoms with Crippen LogP contribution in [0.15, 0.2) is 18.2 Å². The van der Waals surface area contributed by atoms with Crippen LogP contribution in [0.3, 0.4) is 0 Å². The minimum Gasteiger partial charge on any atom is -0.376 e.